The molecule has 3 N–H and O–H groups in total. The maximum Gasteiger partial charge on any atom is 0.222 e. The van der Waals surface area contributed by atoms with E-state index in [1.807, 2.05) is 0 Å². The Hall–Kier alpha value is -1.23. The van der Waals surface area contributed by atoms with Crippen molar-refractivity contribution in [1.29, 1.82) is 0 Å². The van der Waals surface area contributed by atoms with Crippen LogP contribution in [0, 0.1) is 11.7 Å². The maximum atomic E-state index is 12.6. The van der Waals surface area contributed by atoms with E-state index >= 15 is 0 Å². The third-order valence-corrected chi connectivity index (χ3v) is 2.44. The molecular weight excluding hydrogens is 207 g/mol. The molecule has 0 saturated carbocycles. The van der Waals surface area contributed by atoms with E-state index in [2.05, 4.69) is 22.2 Å². The van der Waals surface area contributed by atoms with Crippen LogP contribution in [0.4, 0.5) is 10.3 Å². The third-order valence-electron chi connectivity index (χ3n) is 2.44. The van der Waals surface area contributed by atoms with Gasteiger partial charge < -0.3 is 11.1 Å². The van der Waals surface area contributed by atoms with Crippen molar-refractivity contribution in [1.82, 2.24) is 9.97 Å². The Bertz CT molecular complexity index is 283. The average Bonchev–Trinajstić information content (AvgIpc) is 2.29. The van der Waals surface area contributed by atoms with Crippen LogP contribution in [0.1, 0.15) is 26.2 Å². The molecule has 0 fully saturated rings. The topological polar surface area (TPSA) is 63.8 Å². The first kappa shape index (κ1) is 12.8. The van der Waals surface area contributed by atoms with Gasteiger partial charge >= 0.3 is 0 Å². The van der Waals surface area contributed by atoms with Gasteiger partial charge in [0.25, 0.3) is 0 Å². The first-order chi connectivity index (χ1) is 7.76. The zero-order valence-electron chi connectivity index (χ0n) is 9.62. The molecule has 0 amide bonds. The predicted octanol–water partition coefficient (Wildman–Crippen LogP) is 1.79. The first-order valence-corrected chi connectivity index (χ1v) is 5.67. The fourth-order valence-electron chi connectivity index (χ4n) is 1.63. The average molecular weight is 226 g/mol. The van der Waals surface area contributed by atoms with Crippen LogP contribution in [0.25, 0.3) is 0 Å². The minimum atomic E-state index is -0.419. The zero-order valence-corrected chi connectivity index (χ0v) is 9.62. The van der Waals surface area contributed by atoms with Gasteiger partial charge in [0.2, 0.25) is 5.95 Å². The molecule has 16 heavy (non-hydrogen) atoms. The minimum Gasteiger partial charge on any atom is -0.354 e. The summed E-state index contributed by atoms with van der Waals surface area (Å²) in [5, 5.41) is 3.10. The van der Waals surface area contributed by atoms with Gasteiger partial charge in [-0.25, -0.2) is 14.4 Å². The molecule has 1 aromatic rings. The Balaban J connectivity index is 2.38. The van der Waals surface area contributed by atoms with Crippen molar-refractivity contribution in [2.24, 2.45) is 11.7 Å². The molecule has 1 atom stereocenters. The van der Waals surface area contributed by atoms with Crippen molar-refractivity contribution >= 4 is 5.95 Å². The van der Waals surface area contributed by atoms with Gasteiger partial charge in [-0.2, -0.15) is 0 Å². The number of hydrogen-bond acceptors (Lipinski definition) is 4. The van der Waals surface area contributed by atoms with E-state index in [1.165, 1.54) is 0 Å². The van der Waals surface area contributed by atoms with Gasteiger partial charge in [-0.05, 0) is 25.3 Å². The van der Waals surface area contributed by atoms with E-state index in [9.17, 15) is 4.39 Å². The standard InChI is InChI=1S/C11H19FN4/c1-2-3-9(4-5-13)6-14-11-15-7-10(12)8-16-11/h7-9H,2-6,13H2,1H3,(H,14,15,16). The minimum absolute atomic E-state index is 0.419. The second kappa shape index (κ2) is 7.11. The van der Waals surface area contributed by atoms with Crippen LogP contribution in [0.15, 0.2) is 12.4 Å². The smallest absolute Gasteiger partial charge is 0.222 e. The van der Waals surface area contributed by atoms with Crippen LogP contribution in [-0.4, -0.2) is 23.1 Å². The summed E-state index contributed by atoms with van der Waals surface area (Å²) in [6, 6.07) is 0. The predicted molar refractivity (Wildman–Crippen MR) is 62.5 cm³/mol. The highest BCUT2D eigenvalue weighted by Crippen LogP contribution is 2.11. The van der Waals surface area contributed by atoms with Crippen LogP contribution in [0.2, 0.25) is 0 Å². The molecule has 4 nitrogen and oxygen atoms in total. The number of nitrogens with zero attached hydrogens (tertiary/aromatic N) is 2. The summed E-state index contributed by atoms with van der Waals surface area (Å²) >= 11 is 0. The van der Waals surface area contributed by atoms with E-state index < -0.39 is 5.82 Å². The Morgan fingerprint density at radius 1 is 1.38 bits per heavy atom. The van der Waals surface area contributed by atoms with Crippen molar-refractivity contribution < 1.29 is 4.39 Å². The second-order valence-electron chi connectivity index (χ2n) is 3.84. The number of nitrogens with two attached hydrogens (primary N) is 1. The van der Waals surface area contributed by atoms with Gasteiger partial charge in [-0.3, -0.25) is 0 Å². The normalized spacial score (nSPS) is 12.4. The molecule has 1 aromatic heterocycles. The van der Waals surface area contributed by atoms with Crippen molar-refractivity contribution in [3.8, 4) is 0 Å². The maximum absolute atomic E-state index is 12.6. The van der Waals surface area contributed by atoms with E-state index in [0.29, 0.717) is 18.4 Å². The van der Waals surface area contributed by atoms with Crippen molar-refractivity contribution in [2.75, 3.05) is 18.4 Å². The lowest BCUT2D eigenvalue weighted by molar-refractivity contribution is 0.472. The highest BCUT2D eigenvalue weighted by Gasteiger charge is 2.07. The fraction of sp³-hybridized carbons (Fsp3) is 0.636. The summed E-state index contributed by atoms with van der Waals surface area (Å²) < 4.78 is 12.6. The Morgan fingerprint density at radius 3 is 2.62 bits per heavy atom. The van der Waals surface area contributed by atoms with Crippen molar-refractivity contribution in [3.63, 3.8) is 0 Å². The van der Waals surface area contributed by atoms with E-state index in [4.69, 9.17) is 5.73 Å². The fourth-order valence-corrected chi connectivity index (χ4v) is 1.63. The summed E-state index contributed by atoms with van der Waals surface area (Å²) in [6.45, 7) is 3.63. The van der Waals surface area contributed by atoms with E-state index in [-0.39, 0.29) is 0 Å². The monoisotopic (exact) mass is 226 g/mol. The SMILES string of the molecule is CCCC(CCN)CNc1ncc(F)cn1. The lowest BCUT2D eigenvalue weighted by Crippen LogP contribution is -2.19. The molecule has 0 aliphatic carbocycles. The molecule has 1 heterocycles. The molecule has 0 aliphatic rings. The van der Waals surface area contributed by atoms with Crippen molar-refractivity contribution in [3.05, 3.63) is 18.2 Å². The summed E-state index contributed by atoms with van der Waals surface area (Å²) in [5.74, 6) is 0.584. The molecule has 0 spiro atoms. The van der Waals surface area contributed by atoms with Gasteiger partial charge in [0.05, 0.1) is 12.4 Å². The summed E-state index contributed by atoms with van der Waals surface area (Å²) in [7, 11) is 0. The number of aromatic nitrogens is 2. The van der Waals surface area contributed by atoms with Crippen LogP contribution < -0.4 is 11.1 Å². The Morgan fingerprint density at radius 2 is 2.06 bits per heavy atom. The molecule has 0 saturated heterocycles. The number of anilines is 1. The number of rotatable bonds is 7. The molecule has 90 valence electrons. The molecule has 0 aliphatic heterocycles. The molecule has 0 aromatic carbocycles. The van der Waals surface area contributed by atoms with Gasteiger partial charge in [0.15, 0.2) is 5.82 Å². The lowest BCUT2D eigenvalue weighted by Gasteiger charge is -2.15. The highest BCUT2D eigenvalue weighted by atomic mass is 19.1. The van der Waals surface area contributed by atoms with Gasteiger partial charge in [-0.15, -0.1) is 0 Å². The van der Waals surface area contributed by atoms with Gasteiger partial charge in [0, 0.05) is 6.54 Å². The van der Waals surface area contributed by atoms with Crippen LogP contribution >= 0.6 is 0 Å². The van der Waals surface area contributed by atoms with Crippen LogP contribution in [0.5, 0.6) is 0 Å². The highest BCUT2D eigenvalue weighted by molar-refractivity contribution is 5.22. The number of halogens is 1. The van der Waals surface area contributed by atoms with Gasteiger partial charge in [-0.1, -0.05) is 13.3 Å². The van der Waals surface area contributed by atoms with Crippen LogP contribution in [-0.2, 0) is 0 Å². The molecule has 5 heteroatoms. The Kier molecular flexibility index (Phi) is 5.71. The quantitative estimate of drug-likeness (QED) is 0.744. The zero-order chi connectivity index (χ0) is 11.8. The van der Waals surface area contributed by atoms with E-state index in [1.54, 1.807) is 0 Å². The largest absolute Gasteiger partial charge is 0.354 e. The summed E-state index contributed by atoms with van der Waals surface area (Å²) in [5.41, 5.74) is 5.54. The first-order valence-electron chi connectivity index (χ1n) is 5.67. The summed E-state index contributed by atoms with van der Waals surface area (Å²) in [6.07, 6.45) is 5.57. The second-order valence-corrected chi connectivity index (χ2v) is 3.84. The van der Waals surface area contributed by atoms with Gasteiger partial charge in [0.1, 0.15) is 0 Å². The number of nitrogens with one attached hydrogen (secondary N) is 1. The molecule has 0 bridgehead atoms. The Labute approximate surface area is 95.5 Å². The molecule has 0 radical (unpaired) electrons. The lowest BCUT2D eigenvalue weighted by atomic mass is 10.00. The van der Waals surface area contributed by atoms with Crippen molar-refractivity contribution in [2.45, 2.75) is 26.2 Å². The summed E-state index contributed by atoms with van der Waals surface area (Å²) in [4.78, 5) is 7.68. The molecular formula is C11H19FN4. The van der Waals surface area contributed by atoms with E-state index in [0.717, 1.165) is 38.2 Å². The van der Waals surface area contributed by atoms with Crippen LogP contribution in [0.3, 0.4) is 0 Å². The third kappa shape index (κ3) is 4.53. The molecule has 1 rings (SSSR count). The number of hydrogen-bond donors (Lipinski definition) is 2. The molecule has 1 unspecified atom stereocenters.